The van der Waals surface area contributed by atoms with Gasteiger partial charge in [-0.05, 0) is 34.3 Å². The third-order valence-electron chi connectivity index (χ3n) is 2.71. The summed E-state index contributed by atoms with van der Waals surface area (Å²) in [4.78, 5) is 11.9. The summed E-state index contributed by atoms with van der Waals surface area (Å²) in [6.45, 7) is 6.80. The van der Waals surface area contributed by atoms with Crippen LogP contribution in [0, 0.1) is 12.8 Å². The average Bonchev–Trinajstić information content (AvgIpc) is 2.22. The first-order valence-corrected chi connectivity index (χ1v) is 5.91. The number of nitrogens with two attached hydrogens (primary N) is 1. The second-order valence-corrected chi connectivity index (χ2v) is 4.79. The van der Waals surface area contributed by atoms with Crippen LogP contribution in [-0.2, 0) is 6.54 Å². The van der Waals surface area contributed by atoms with Crippen LogP contribution in [0.1, 0.15) is 25.8 Å². The van der Waals surface area contributed by atoms with Crippen molar-refractivity contribution in [2.45, 2.75) is 33.7 Å². The molecule has 0 saturated heterocycles. The molecule has 1 heterocycles. The summed E-state index contributed by atoms with van der Waals surface area (Å²) in [6.07, 6.45) is 2.78. The molecule has 0 amide bonds. The van der Waals surface area contributed by atoms with Crippen molar-refractivity contribution in [3.8, 4) is 0 Å². The lowest BCUT2D eigenvalue weighted by Crippen LogP contribution is -2.24. The Kier molecular flexibility index (Phi) is 3.97. The number of hydrogen-bond donors (Lipinski definition) is 1. The fourth-order valence-corrected chi connectivity index (χ4v) is 1.79. The van der Waals surface area contributed by atoms with Crippen LogP contribution in [0.25, 0.3) is 0 Å². The molecule has 1 aromatic heterocycles. The van der Waals surface area contributed by atoms with E-state index in [1.54, 1.807) is 10.8 Å². The lowest BCUT2D eigenvalue weighted by molar-refractivity contribution is 0.459. The molecule has 1 aromatic rings. The molecule has 1 atom stereocenters. The number of pyridine rings is 1. The van der Waals surface area contributed by atoms with E-state index in [9.17, 15) is 4.79 Å². The van der Waals surface area contributed by atoms with E-state index in [2.05, 4.69) is 29.8 Å². The number of nitrogens with zero attached hydrogens (tertiary/aromatic N) is 1. The zero-order valence-corrected chi connectivity index (χ0v) is 11.0. The van der Waals surface area contributed by atoms with E-state index in [0.717, 1.165) is 18.5 Å². The Bertz CT molecular complexity index is 412. The number of halogens is 1. The summed E-state index contributed by atoms with van der Waals surface area (Å²) >= 11 is 3.28. The number of rotatable bonds is 3. The third kappa shape index (κ3) is 2.62. The molecule has 4 heteroatoms. The number of hydrogen-bond acceptors (Lipinski definition) is 2. The molecular weight excluding hydrogens is 256 g/mol. The quantitative estimate of drug-likeness (QED) is 0.920. The van der Waals surface area contributed by atoms with E-state index in [1.807, 2.05) is 6.92 Å². The molecule has 0 fully saturated rings. The van der Waals surface area contributed by atoms with Gasteiger partial charge in [0.25, 0.3) is 5.56 Å². The molecule has 0 bridgehead atoms. The summed E-state index contributed by atoms with van der Waals surface area (Å²) in [6, 6.07) is 0. The number of nitrogen functional groups attached to an aromatic ring is 1. The van der Waals surface area contributed by atoms with Crippen LogP contribution in [-0.4, -0.2) is 4.57 Å². The highest BCUT2D eigenvalue weighted by atomic mass is 79.9. The molecule has 2 N–H and O–H groups in total. The monoisotopic (exact) mass is 272 g/mol. The summed E-state index contributed by atoms with van der Waals surface area (Å²) in [7, 11) is 0. The molecule has 0 saturated carbocycles. The summed E-state index contributed by atoms with van der Waals surface area (Å²) in [5.41, 5.74) is 7.30. The largest absolute Gasteiger partial charge is 0.397 e. The predicted octanol–water partition coefficient (Wildman–Crippen LogP) is 2.55. The minimum absolute atomic E-state index is 0.00185. The highest BCUT2D eigenvalue weighted by Gasteiger charge is 2.09. The predicted molar refractivity (Wildman–Crippen MR) is 67.0 cm³/mol. The van der Waals surface area contributed by atoms with Crippen LogP contribution in [0.15, 0.2) is 15.5 Å². The summed E-state index contributed by atoms with van der Waals surface area (Å²) in [5, 5.41) is 0. The number of aromatic nitrogens is 1. The molecule has 84 valence electrons. The van der Waals surface area contributed by atoms with Gasteiger partial charge in [0.2, 0.25) is 0 Å². The maximum atomic E-state index is 11.9. The average molecular weight is 273 g/mol. The van der Waals surface area contributed by atoms with Crippen molar-refractivity contribution in [1.82, 2.24) is 4.57 Å². The maximum Gasteiger partial charge on any atom is 0.265 e. The number of anilines is 1. The standard InChI is InChI=1S/C11H17BrN2O/c1-4-7(2)5-14-6-9(13)8(3)10(12)11(14)15/h6-7H,4-5,13H2,1-3H3. The molecule has 0 aliphatic heterocycles. The summed E-state index contributed by atoms with van der Waals surface area (Å²) in [5.74, 6) is 0.483. The van der Waals surface area contributed by atoms with Gasteiger partial charge in [0.15, 0.2) is 0 Å². The molecule has 15 heavy (non-hydrogen) atoms. The van der Waals surface area contributed by atoms with Crippen LogP contribution in [0.2, 0.25) is 0 Å². The first-order chi connectivity index (χ1) is 6.97. The van der Waals surface area contributed by atoms with Crippen LogP contribution in [0.4, 0.5) is 5.69 Å². The normalized spacial score (nSPS) is 12.8. The first-order valence-electron chi connectivity index (χ1n) is 5.12. The van der Waals surface area contributed by atoms with E-state index in [0.29, 0.717) is 16.1 Å². The third-order valence-corrected chi connectivity index (χ3v) is 3.65. The molecule has 0 aliphatic carbocycles. The smallest absolute Gasteiger partial charge is 0.265 e. The molecule has 0 aromatic carbocycles. The van der Waals surface area contributed by atoms with Gasteiger partial charge in [-0.2, -0.15) is 0 Å². The van der Waals surface area contributed by atoms with E-state index < -0.39 is 0 Å². The van der Waals surface area contributed by atoms with Gasteiger partial charge in [0.1, 0.15) is 0 Å². The molecule has 3 nitrogen and oxygen atoms in total. The first kappa shape index (κ1) is 12.3. The molecule has 0 spiro atoms. The zero-order valence-electron chi connectivity index (χ0n) is 9.38. The molecule has 0 radical (unpaired) electrons. The molecule has 1 rings (SSSR count). The van der Waals surface area contributed by atoms with Gasteiger partial charge in [-0.1, -0.05) is 20.3 Å². The Morgan fingerprint density at radius 3 is 2.73 bits per heavy atom. The fraction of sp³-hybridized carbons (Fsp3) is 0.545. The Hall–Kier alpha value is -0.770. The molecular formula is C11H17BrN2O. The topological polar surface area (TPSA) is 48.0 Å². The van der Waals surface area contributed by atoms with Crippen LogP contribution in [0.3, 0.4) is 0 Å². The van der Waals surface area contributed by atoms with Crippen molar-refractivity contribution in [3.05, 3.63) is 26.6 Å². The van der Waals surface area contributed by atoms with Gasteiger partial charge in [0, 0.05) is 12.7 Å². The van der Waals surface area contributed by atoms with E-state index >= 15 is 0 Å². The zero-order chi connectivity index (χ0) is 11.6. The second-order valence-electron chi connectivity index (χ2n) is 3.99. The highest BCUT2D eigenvalue weighted by molar-refractivity contribution is 9.10. The van der Waals surface area contributed by atoms with Crippen molar-refractivity contribution in [1.29, 1.82) is 0 Å². The van der Waals surface area contributed by atoms with Crippen LogP contribution >= 0.6 is 15.9 Å². The van der Waals surface area contributed by atoms with E-state index in [1.165, 1.54) is 0 Å². The lowest BCUT2D eigenvalue weighted by Gasteiger charge is -2.13. The maximum absolute atomic E-state index is 11.9. The van der Waals surface area contributed by atoms with Crippen molar-refractivity contribution in [2.24, 2.45) is 5.92 Å². The Balaban J connectivity index is 3.15. The SMILES string of the molecule is CCC(C)Cn1cc(N)c(C)c(Br)c1=O. The fourth-order valence-electron chi connectivity index (χ4n) is 1.34. The van der Waals surface area contributed by atoms with Gasteiger partial charge in [-0.3, -0.25) is 4.79 Å². The Morgan fingerprint density at radius 2 is 2.20 bits per heavy atom. The van der Waals surface area contributed by atoms with Gasteiger partial charge in [-0.25, -0.2) is 0 Å². The highest BCUT2D eigenvalue weighted by Crippen LogP contribution is 2.17. The van der Waals surface area contributed by atoms with Crippen LogP contribution in [0.5, 0.6) is 0 Å². The van der Waals surface area contributed by atoms with Crippen molar-refractivity contribution in [3.63, 3.8) is 0 Å². The second kappa shape index (κ2) is 4.84. The minimum Gasteiger partial charge on any atom is -0.397 e. The van der Waals surface area contributed by atoms with Gasteiger partial charge in [0.05, 0.1) is 10.2 Å². The van der Waals surface area contributed by atoms with Gasteiger partial charge >= 0.3 is 0 Å². The van der Waals surface area contributed by atoms with E-state index in [-0.39, 0.29) is 5.56 Å². The Morgan fingerprint density at radius 1 is 1.60 bits per heavy atom. The lowest BCUT2D eigenvalue weighted by atomic mass is 10.1. The van der Waals surface area contributed by atoms with Gasteiger partial charge < -0.3 is 10.3 Å². The van der Waals surface area contributed by atoms with Crippen molar-refractivity contribution < 1.29 is 0 Å². The van der Waals surface area contributed by atoms with E-state index in [4.69, 9.17) is 5.73 Å². The Labute approximate surface area is 98.4 Å². The minimum atomic E-state index is 0.00185. The van der Waals surface area contributed by atoms with Crippen LogP contribution < -0.4 is 11.3 Å². The van der Waals surface area contributed by atoms with Crippen molar-refractivity contribution in [2.75, 3.05) is 5.73 Å². The molecule has 1 unspecified atom stereocenters. The van der Waals surface area contributed by atoms with Gasteiger partial charge in [-0.15, -0.1) is 0 Å². The van der Waals surface area contributed by atoms with Crippen molar-refractivity contribution >= 4 is 21.6 Å². The summed E-state index contributed by atoms with van der Waals surface area (Å²) < 4.78 is 2.26. The molecule has 0 aliphatic rings.